The van der Waals surface area contributed by atoms with E-state index in [1.807, 2.05) is 19.1 Å². The summed E-state index contributed by atoms with van der Waals surface area (Å²) in [6.45, 7) is 1.85. The van der Waals surface area contributed by atoms with Gasteiger partial charge in [0.25, 0.3) is 0 Å². The van der Waals surface area contributed by atoms with Gasteiger partial charge in [0.05, 0.1) is 0 Å². The SMILES string of the molecule is Cc1cccc(-c2cc(C(=O)O)no2)n1. The Kier molecular flexibility index (Phi) is 2.21. The number of nitrogens with zero attached hydrogens (tertiary/aromatic N) is 2. The van der Waals surface area contributed by atoms with E-state index in [9.17, 15) is 4.79 Å². The zero-order valence-corrected chi connectivity index (χ0v) is 7.97. The zero-order chi connectivity index (χ0) is 10.8. The third-order valence-corrected chi connectivity index (χ3v) is 1.87. The summed E-state index contributed by atoms with van der Waals surface area (Å²) in [7, 11) is 0. The second-order valence-corrected chi connectivity index (χ2v) is 3.05. The van der Waals surface area contributed by atoms with Gasteiger partial charge in [0.15, 0.2) is 11.5 Å². The van der Waals surface area contributed by atoms with Crippen LogP contribution in [0.1, 0.15) is 16.2 Å². The quantitative estimate of drug-likeness (QED) is 0.806. The summed E-state index contributed by atoms with van der Waals surface area (Å²) in [5.74, 6) is -0.756. The van der Waals surface area contributed by atoms with Gasteiger partial charge in [-0.25, -0.2) is 9.78 Å². The van der Waals surface area contributed by atoms with Crippen molar-refractivity contribution in [1.82, 2.24) is 10.1 Å². The highest BCUT2D eigenvalue weighted by molar-refractivity contribution is 5.86. The Morgan fingerprint density at radius 3 is 2.87 bits per heavy atom. The Hall–Kier alpha value is -2.17. The average molecular weight is 204 g/mol. The van der Waals surface area contributed by atoms with Crippen LogP contribution in [0, 0.1) is 6.92 Å². The topological polar surface area (TPSA) is 76.2 Å². The molecule has 1 N–H and O–H groups in total. The van der Waals surface area contributed by atoms with Crippen LogP contribution in [0.4, 0.5) is 0 Å². The molecule has 0 spiro atoms. The average Bonchev–Trinajstić information content (AvgIpc) is 2.66. The summed E-state index contributed by atoms with van der Waals surface area (Å²) in [5, 5.41) is 12.1. The Morgan fingerprint density at radius 1 is 1.47 bits per heavy atom. The van der Waals surface area contributed by atoms with Crippen molar-refractivity contribution < 1.29 is 14.4 Å². The lowest BCUT2D eigenvalue weighted by Crippen LogP contribution is -1.94. The lowest BCUT2D eigenvalue weighted by molar-refractivity contribution is 0.0686. The predicted molar refractivity (Wildman–Crippen MR) is 51.4 cm³/mol. The molecular weight excluding hydrogens is 196 g/mol. The molecule has 0 aliphatic heterocycles. The standard InChI is InChI=1S/C10H8N2O3/c1-6-3-2-4-7(11-6)9-5-8(10(13)14)12-15-9/h2-5H,1H3,(H,13,14). The molecule has 0 aromatic carbocycles. The fourth-order valence-electron chi connectivity index (χ4n) is 1.18. The first kappa shape index (κ1) is 9.39. The van der Waals surface area contributed by atoms with Gasteiger partial charge in [0.1, 0.15) is 5.69 Å². The number of aromatic nitrogens is 2. The van der Waals surface area contributed by atoms with Crippen molar-refractivity contribution in [3.8, 4) is 11.5 Å². The molecule has 0 amide bonds. The van der Waals surface area contributed by atoms with E-state index in [0.29, 0.717) is 11.5 Å². The summed E-state index contributed by atoms with van der Waals surface area (Å²) in [5.41, 5.74) is 1.30. The summed E-state index contributed by atoms with van der Waals surface area (Å²) >= 11 is 0. The van der Waals surface area contributed by atoms with Crippen LogP contribution in [0.3, 0.4) is 0 Å². The van der Waals surface area contributed by atoms with Crippen molar-refractivity contribution in [3.63, 3.8) is 0 Å². The smallest absolute Gasteiger partial charge is 0.358 e. The van der Waals surface area contributed by atoms with E-state index < -0.39 is 5.97 Å². The number of aromatic carboxylic acids is 1. The van der Waals surface area contributed by atoms with Crippen LogP contribution in [-0.2, 0) is 0 Å². The van der Waals surface area contributed by atoms with E-state index in [0.717, 1.165) is 5.69 Å². The van der Waals surface area contributed by atoms with Gasteiger partial charge >= 0.3 is 5.97 Å². The molecule has 0 radical (unpaired) electrons. The minimum Gasteiger partial charge on any atom is -0.476 e. The van der Waals surface area contributed by atoms with Crippen molar-refractivity contribution in [3.05, 3.63) is 35.7 Å². The van der Waals surface area contributed by atoms with Gasteiger partial charge < -0.3 is 9.63 Å². The molecule has 2 rings (SSSR count). The molecule has 15 heavy (non-hydrogen) atoms. The Labute approximate surface area is 85.4 Å². The molecule has 0 saturated carbocycles. The van der Waals surface area contributed by atoms with Gasteiger partial charge in [-0.3, -0.25) is 0 Å². The van der Waals surface area contributed by atoms with Crippen LogP contribution < -0.4 is 0 Å². The van der Waals surface area contributed by atoms with Crippen molar-refractivity contribution in [1.29, 1.82) is 0 Å². The number of carboxylic acids is 1. The molecule has 0 aliphatic rings. The first-order chi connectivity index (χ1) is 7.16. The number of aryl methyl sites for hydroxylation is 1. The highest BCUT2D eigenvalue weighted by Crippen LogP contribution is 2.18. The largest absolute Gasteiger partial charge is 0.476 e. The first-order valence-electron chi connectivity index (χ1n) is 4.31. The molecule has 76 valence electrons. The Morgan fingerprint density at radius 2 is 2.27 bits per heavy atom. The Bertz CT molecular complexity index is 505. The van der Waals surface area contributed by atoms with Crippen LogP contribution in [0.5, 0.6) is 0 Å². The monoisotopic (exact) mass is 204 g/mol. The number of hydrogen-bond donors (Lipinski definition) is 1. The van der Waals surface area contributed by atoms with E-state index in [-0.39, 0.29) is 5.69 Å². The zero-order valence-electron chi connectivity index (χ0n) is 7.97. The second kappa shape index (κ2) is 3.53. The second-order valence-electron chi connectivity index (χ2n) is 3.05. The fourth-order valence-corrected chi connectivity index (χ4v) is 1.18. The summed E-state index contributed by atoms with van der Waals surface area (Å²) in [6, 6.07) is 6.75. The maximum Gasteiger partial charge on any atom is 0.358 e. The molecular formula is C10H8N2O3. The first-order valence-corrected chi connectivity index (χ1v) is 4.31. The molecule has 0 bridgehead atoms. The fraction of sp³-hybridized carbons (Fsp3) is 0.100. The van der Waals surface area contributed by atoms with Crippen molar-refractivity contribution in [2.24, 2.45) is 0 Å². The lowest BCUT2D eigenvalue weighted by Gasteiger charge is -1.94. The van der Waals surface area contributed by atoms with Gasteiger partial charge in [-0.1, -0.05) is 11.2 Å². The van der Waals surface area contributed by atoms with Gasteiger partial charge in [0, 0.05) is 11.8 Å². The number of hydrogen-bond acceptors (Lipinski definition) is 4. The van der Waals surface area contributed by atoms with Gasteiger partial charge in [-0.15, -0.1) is 0 Å². The summed E-state index contributed by atoms with van der Waals surface area (Å²) in [6.07, 6.45) is 0. The number of rotatable bonds is 2. The van der Waals surface area contributed by atoms with E-state index in [1.165, 1.54) is 6.07 Å². The maximum atomic E-state index is 10.6. The maximum absolute atomic E-state index is 10.6. The van der Waals surface area contributed by atoms with E-state index >= 15 is 0 Å². The molecule has 0 fully saturated rings. The van der Waals surface area contributed by atoms with Crippen molar-refractivity contribution in [2.45, 2.75) is 6.92 Å². The molecule has 0 atom stereocenters. The van der Waals surface area contributed by atoms with Gasteiger partial charge in [0.2, 0.25) is 0 Å². The van der Waals surface area contributed by atoms with Crippen LogP contribution in [-0.4, -0.2) is 21.2 Å². The van der Waals surface area contributed by atoms with Gasteiger partial charge in [-0.05, 0) is 19.1 Å². The normalized spacial score (nSPS) is 10.2. The van der Waals surface area contributed by atoms with E-state index in [4.69, 9.17) is 9.63 Å². The highest BCUT2D eigenvalue weighted by Gasteiger charge is 2.12. The molecule has 0 saturated heterocycles. The van der Waals surface area contributed by atoms with Crippen molar-refractivity contribution >= 4 is 5.97 Å². The van der Waals surface area contributed by atoms with E-state index in [1.54, 1.807) is 6.07 Å². The summed E-state index contributed by atoms with van der Waals surface area (Å²) < 4.78 is 4.87. The van der Waals surface area contributed by atoms with Crippen LogP contribution in [0.25, 0.3) is 11.5 Å². The van der Waals surface area contributed by atoms with Crippen molar-refractivity contribution in [2.75, 3.05) is 0 Å². The molecule has 2 aromatic heterocycles. The third kappa shape index (κ3) is 1.85. The molecule has 2 heterocycles. The minimum atomic E-state index is -1.11. The highest BCUT2D eigenvalue weighted by atomic mass is 16.5. The molecule has 0 unspecified atom stereocenters. The van der Waals surface area contributed by atoms with Gasteiger partial charge in [-0.2, -0.15) is 0 Å². The van der Waals surface area contributed by atoms with Crippen LogP contribution in [0.15, 0.2) is 28.8 Å². The van der Waals surface area contributed by atoms with Crippen LogP contribution >= 0.6 is 0 Å². The predicted octanol–water partition coefficient (Wildman–Crippen LogP) is 1.74. The minimum absolute atomic E-state index is 0.117. The number of pyridine rings is 1. The molecule has 0 aliphatic carbocycles. The number of carboxylic acid groups (broad SMARTS) is 1. The molecule has 5 heteroatoms. The van der Waals surface area contributed by atoms with E-state index in [2.05, 4.69) is 10.1 Å². The lowest BCUT2D eigenvalue weighted by atomic mass is 10.2. The third-order valence-electron chi connectivity index (χ3n) is 1.87. The number of carbonyl (C=O) groups is 1. The summed E-state index contributed by atoms with van der Waals surface area (Å²) in [4.78, 5) is 14.8. The Balaban J connectivity index is 2.41. The van der Waals surface area contributed by atoms with Crippen LogP contribution in [0.2, 0.25) is 0 Å². The molecule has 2 aromatic rings. The molecule has 5 nitrogen and oxygen atoms in total.